The van der Waals surface area contributed by atoms with Gasteiger partial charge in [0, 0.05) is 13.0 Å². The quantitative estimate of drug-likeness (QED) is 0.0198. The molecule has 0 aliphatic heterocycles. The smallest absolute Gasteiger partial charge is 0.306 e. The van der Waals surface area contributed by atoms with Crippen molar-refractivity contribution < 1.29 is 37.3 Å². The third kappa shape index (κ3) is 48.0. The van der Waals surface area contributed by atoms with Gasteiger partial charge >= 0.3 is 5.97 Å². The van der Waals surface area contributed by atoms with Crippen LogP contribution in [0.4, 0.5) is 0 Å². The van der Waals surface area contributed by atoms with Gasteiger partial charge in [0.25, 0.3) is 7.82 Å². The second-order valence-electron chi connectivity index (χ2n) is 18.5. The van der Waals surface area contributed by atoms with Crippen LogP contribution in [-0.4, -0.2) is 70.7 Å². The molecule has 0 aromatic carbocycles. The number of esters is 1. The molecule has 0 aliphatic carbocycles. The van der Waals surface area contributed by atoms with Gasteiger partial charge in [0.05, 0.1) is 34.4 Å². The first kappa shape index (κ1) is 59.0. The van der Waals surface area contributed by atoms with E-state index in [1.165, 1.54) is 186 Å². The molecule has 356 valence electrons. The minimum Gasteiger partial charge on any atom is -0.756 e. The summed E-state index contributed by atoms with van der Waals surface area (Å²) in [7, 11) is 1.36. The maximum atomic E-state index is 12.7. The second-order valence-corrected chi connectivity index (χ2v) is 19.9. The summed E-state index contributed by atoms with van der Waals surface area (Å²) in [6, 6.07) is 0. The molecule has 0 radical (unpaired) electrons. The lowest BCUT2D eigenvalue weighted by atomic mass is 10.1. The highest BCUT2D eigenvalue weighted by atomic mass is 31.2. The fraction of sp³-hybridized carbons (Fsp3) is 0.902. The first-order valence-electron chi connectivity index (χ1n) is 25.6. The third-order valence-corrected chi connectivity index (χ3v) is 12.2. The van der Waals surface area contributed by atoms with Crippen LogP contribution >= 0.6 is 7.82 Å². The molecule has 0 aliphatic rings. The van der Waals surface area contributed by atoms with E-state index in [-0.39, 0.29) is 25.8 Å². The molecule has 60 heavy (non-hydrogen) atoms. The molecule has 0 amide bonds. The summed E-state index contributed by atoms with van der Waals surface area (Å²) in [6.07, 6.45) is 51.9. The number of likely N-dealkylation sites (N-methyl/N-ethyl adjacent to an activating group) is 1. The minimum atomic E-state index is -4.53. The Balaban J connectivity index is 4.14. The molecule has 2 unspecified atom stereocenters. The molecule has 8 nitrogen and oxygen atoms in total. The van der Waals surface area contributed by atoms with E-state index < -0.39 is 13.9 Å². The summed E-state index contributed by atoms with van der Waals surface area (Å²) in [5, 5.41) is 0. The standard InChI is InChI=1S/C51H100NO7P/c1-6-8-10-12-14-16-18-20-22-24-26-28-30-32-34-36-38-40-42-44-51(53)59-50(49-58-60(54,55)57-47-45-52(3,4)5)48-56-46-43-41-39-37-35-33-31-29-27-25-23-21-19-17-15-13-11-9-7-2/h20,22-23,25,50H,6-19,21,24,26-49H2,1-5H3/b22-20-,25-23-. The Morgan fingerprint density at radius 2 is 0.867 bits per heavy atom. The van der Waals surface area contributed by atoms with Crippen molar-refractivity contribution in [1.29, 1.82) is 0 Å². The lowest BCUT2D eigenvalue weighted by Crippen LogP contribution is -2.37. The summed E-state index contributed by atoms with van der Waals surface area (Å²) >= 11 is 0. The van der Waals surface area contributed by atoms with E-state index in [1.54, 1.807) is 0 Å². The van der Waals surface area contributed by atoms with Crippen molar-refractivity contribution >= 4 is 13.8 Å². The van der Waals surface area contributed by atoms with Gasteiger partial charge in [0.1, 0.15) is 19.3 Å². The lowest BCUT2D eigenvalue weighted by Gasteiger charge is -2.28. The summed E-state index contributed by atoms with van der Waals surface area (Å²) < 4.78 is 34.7. The van der Waals surface area contributed by atoms with Crippen molar-refractivity contribution in [1.82, 2.24) is 0 Å². The Hall–Kier alpha value is -1.02. The molecule has 0 bridgehead atoms. The zero-order valence-corrected chi connectivity index (χ0v) is 41.3. The lowest BCUT2D eigenvalue weighted by molar-refractivity contribution is -0.870. The van der Waals surface area contributed by atoms with Crippen molar-refractivity contribution in [3.8, 4) is 0 Å². The number of hydrogen-bond donors (Lipinski definition) is 0. The molecule has 0 N–H and O–H groups in total. The van der Waals surface area contributed by atoms with Gasteiger partial charge in [-0.05, 0) is 64.2 Å². The molecule has 0 aromatic heterocycles. The number of ether oxygens (including phenoxy) is 2. The fourth-order valence-electron chi connectivity index (χ4n) is 7.24. The number of hydrogen-bond acceptors (Lipinski definition) is 7. The highest BCUT2D eigenvalue weighted by molar-refractivity contribution is 7.45. The van der Waals surface area contributed by atoms with Crippen LogP contribution in [-0.2, 0) is 27.9 Å². The highest BCUT2D eigenvalue weighted by Gasteiger charge is 2.20. The molecule has 0 heterocycles. The molecule has 2 atom stereocenters. The Bertz CT molecular complexity index is 1010. The number of quaternary nitrogens is 1. The van der Waals surface area contributed by atoms with E-state index in [2.05, 4.69) is 38.2 Å². The van der Waals surface area contributed by atoms with Gasteiger partial charge < -0.3 is 27.9 Å². The zero-order valence-electron chi connectivity index (χ0n) is 40.4. The van der Waals surface area contributed by atoms with Crippen molar-refractivity contribution in [2.75, 3.05) is 54.1 Å². The molecule has 0 aromatic rings. The predicted molar refractivity (Wildman–Crippen MR) is 254 cm³/mol. The molecule has 0 saturated carbocycles. The summed E-state index contributed by atoms with van der Waals surface area (Å²) in [4.78, 5) is 25.2. The first-order chi connectivity index (χ1) is 29.1. The van der Waals surface area contributed by atoms with E-state index in [1.807, 2.05) is 21.1 Å². The number of rotatable bonds is 48. The van der Waals surface area contributed by atoms with E-state index in [9.17, 15) is 14.3 Å². The fourth-order valence-corrected chi connectivity index (χ4v) is 7.97. The van der Waals surface area contributed by atoms with Gasteiger partial charge in [0.2, 0.25) is 0 Å². The molecule has 0 fully saturated rings. The number of phosphoric acid groups is 1. The summed E-state index contributed by atoms with van der Waals surface area (Å²) in [5.74, 6) is -0.334. The predicted octanol–water partition coefficient (Wildman–Crippen LogP) is 14.9. The largest absolute Gasteiger partial charge is 0.756 e. The first-order valence-corrected chi connectivity index (χ1v) is 27.0. The van der Waals surface area contributed by atoms with Gasteiger partial charge in [-0.15, -0.1) is 0 Å². The summed E-state index contributed by atoms with van der Waals surface area (Å²) in [5.41, 5.74) is 0. The van der Waals surface area contributed by atoms with Crippen LogP contribution in [0.1, 0.15) is 239 Å². The number of carbonyl (C=O) groups excluding carboxylic acids is 1. The van der Waals surface area contributed by atoms with Gasteiger partial charge in [-0.2, -0.15) is 0 Å². The van der Waals surface area contributed by atoms with E-state index in [4.69, 9.17) is 18.5 Å². The van der Waals surface area contributed by atoms with Crippen LogP contribution in [0.5, 0.6) is 0 Å². The average molecular weight is 870 g/mol. The number of carbonyl (C=O) groups is 1. The number of nitrogens with zero attached hydrogens (tertiary/aromatic N) is 1. The monoisotopic (exact) mass is 870 g/mol. The van der Waals surface area contributed by atoms with Gasteiger partial charge in [-0.3, -0.25) is 9.36 Å². The molecule has 0 saturated heterocycles. The Kier molecular flexibility index (Phi) is 43.8. The van der Waals surface area contributed by atoms with Crippen LogP contribution < -0.4 is 4.89 Å². The van der Waals surface area contributed by atoms with Crippen LogP contribution in [0.15, 0.2) is 24.3 Å². The topological polar surface area (TPSA) is 94.1 Å². The van der Waals surface area contributed by atoms with Crippen LogP contribution in [0, 0.1) is 0 Å². The molecule has 0 rings (SSSR count). The second kappa shape index (κ2) is 44.6. The van der Waals surface area contributed by atoms with Gasteiger partial charge in [-0.25, -0.2) is 0 Å². The van der Waals surface area contributed by atoms with Gasteiger partial charge in [-0.1, -0.05) is 192 Å². The highest BCUT2D eigenvalue weighted by Crippen LogP contribution is 2.38. The molecular weight excluding hydrogens is 770 g/mol. The van der Waals surface area contributed by atoms with Gasteiger partial charge in [0.15, 0.2) is 0 Å². The van der Waals surface area contributed by atoms with Crippen molar-refractivity contribution in [2.45, 2.75) is 245 Å². The zero-order chi connectivity index (χ0) is 44.1. The molecular formula is C51H100NO7P. The molecule has 9 heteroatoms. The van der Waals surface area contributed by atoms with Crippen LogP contribution in [0.2, 0.25) is 0 Å². The third-order valence-electron chi connectivity index (χ3n) is 11.2. The SMILES string of the molecule is CCCCCCCC/C=C\CCCCCCCCCCCC(=O)OC(COCCCCCCCCCC/C=C\CCCCCCCCC)COP(=O)([O-])OCC[N+](C)(C)C. The van der Waals surface area contributed by atoms with Crippen molar-refractivity contribution in [3.63, 3.8) is 0 Å². The normalized spacial score (nSPS) is 13.8. The van der Waals surface area contributed by atoms with E-state index >= 15 is 0 Å². The molecule has 0 spiro atoms. The minimum absolute atomic E-state index is 0.0268. The maximum Gasteiger partial charge on any atom is 0.306 e. The Morgan fingerprint density at radius 3 is 1.27 bits per heavy atom. The van der Waals surface area contributed by atoms with Crippen LogP contribution in [0.3, 0.4) is 0 Å². The number of unbranched alkanes of at least 4 members (excludes halogenated alkanes) is 30. The summed E-state index contributed by atoms with van der Waals surface area (Å²) in [6.45, 7) is 5.44. The van der Waals surface area contributed by atoms with E-state index in [0.717, 1.165) is 32.1 Å². The Labute approximate surface area is 373 Å². The van der Waals surface area contributed by atoms with Crippen molar-refractivity contribution in [2.24, 2.45) is 0 Å². The van der Waals surface area contributed by atoms with Crippen LogP contribution in [0.25, 0.3) is 0 Å². The van der Waals surface area contributed by atoms with Crippen molar-refractivity contribution in [3.05, 3.63) is 24.3 Å². The maximum absolute atomic E-state index is 12.7. The number of allylic oxidation sites excluding steroid dienone is 4. The Morgan fingerprint density at radius 1 is 0.500 bits per heavy atom. The number of phosphoric ester groups is 1. The average Bonchev–Trinajstić information content (AvgIpc) is 3.20. The van der Waals surface area contributed by atoms with E-state index in [0.29, 0.717) is 24.1 Å².